The maximum Gasteiger partial charge on any atom is 0.297 e. The van der Waals surface area contributed by atoms with Gasteiger partial charge in [-0.15, -0.1) is 10.2 Å². The van der Waals surface area contributed by atoms with Crippen LogP contribution in [0.1, 0.15) is 43.9 Å². The molecule has 1 aliphatic rings. The molecule has 5 rings (SSSR count). The molecule has 2 aromatic heterocycles. The predicted molar refractivity (Wildman–Crippen MR) is 112 cm³/mol. The van der Waals surface area contributed by atoms with Crippen molar-refractivity contribution in [3.63, 3.8) is 0 Å². The number of aromatic nitrogens is 2. The third-order valence-electron chi connectivity index (χ3n) is 5.39. The third-order valence-corrected chi connectivity index (χ3v) is 6.23. The molecule has 0 N–H and O–H groups in total. The van der Waals surface area contributed by atoms with Crippen molar-refractivity contribution in [2.75, 3.05) is 4.90 Å². The van der Waals surface area contributed by atoms with E-state index in [1.165, 1.54) is 28.4 Å². The number of rotatable bonds is 2. The van der Waals surface area contributed by atoms with Gasteiger partial charge in [-0.3, -0.25) is 14.5 Å². The summed E-state index contributed by atoms with van der Waals surface area (Å²) in [6, 6.07) is 8.50. The molecule has 0 aliphatic carbocycles. The first kappa shape index (κ1) is 18.6. The number of hydrogen-bond donors (Lipinski definition) is 0. The number of nitrogens with zero attached hydrogens (tertiary/aromatic N) is 3. The summed E-state index contributed by atoms with van der Waals surface area (Å²) in [7, 11) is 0. The van der Waals surface area contributed by atoms with Crippen LogP contribution < -0.4 is 10.3 Å². The lowest BCUT2D eigenvalue weighted by molar-refractivity contribution is 0.0970. The number of amides is 1. The number of carbonyl (C=O) groups is 1. The molecule has 30 heavy (non-hydrogen) atoms. The van der Waals surface area contributed by atoms with Gasteiger partial charge >= 0.3 is 0 Å². The maximum absolute atomic E-state index is 13.6. The van der Waals surface area contributed by atoms with Gasteiger partial charge in [0.25, 0.3) is 5.91 Å². The summed E-state index contributed by atoms with van der Waals surface area (Å²) in [5, 5.41) is 9.56. The van der Waals surface area contributed by atoms with Crippen molar-refractivity contribution in [3.05, 3.63) is 85.5 Å². The van der Waals surface area contributed by atoms with Gasteiger partial charge in [-0.1, -0.05) is 23.5 Å². The van der Waals surface area contributed by atoms with Gasteiger partial charge in [-0.05, 0) is 61.7 Å². The van der Waals surface area contributed by atoms with Crippen molar-refractivity contribution < 1.29 is 13.6 Å². The first-order valence-corrected chi connectivity index (χ1v) is 10.1. The van der Waals surface area contributed by atoms with Crippen LogP contribution >= 0.6 is 11.3 Å². The Bertz CT molecular complexity index is 1390. The fourth-order valence-corrected chi connectivity index (χ4v) is 4.48. The molecular weight excluding hydrogens is 405 g/mol. The highest BCUT2D eigenvalue weighted by Crippen LogP contribution is 2.42. The van der Waals surface area contributed by atoms with Crippen molar-refractivity contribution in [2.24, 2.45) is 0 Å². The standard InChI is InChI=1S/C22H16FN3O3S/c1-10-8-15-16(9-11(10)2)29-20-17(19(15)27)18(13-4-6-14(23)7-5-13)26(21(20)28)22-25-24-12(3)30-22/h4-9,18H,1-3H3. The Morgan fingerprint density at radius 1 is 1.03 bits per heavy atom. The van der Waals surface area contributed by atoms with Gasteiger partial charge in [0.15, 0.2) is 5.43 Å². The monoisotopic (exact) mass is 421 g/mol. The summed E-state index contributed by atoms with van der Waals surface area (Å²) >= 11 is 1.24. The van der Waals surface area contributed by atoms with Crippen LogP contribution in [0.15, 0.2) is 45.6 Å². The highest BCUT2D eigenvalue weighted by molar-refractivity contribution is 7.15. The molecular formula is C22H16FN3O3S. The second kappa shape index (κ2) is 6.56. The van der Waals surface area contributed by atoms with E-state index in [4.69, 9.17) is 4.42 Å². The van der Waals surface area contributed by atoms with Crippen LogP contribution in [0, 0.1) is 26.6 Å². The summed E-state index contributed by atoms with van der Waals surface area (Å²) in [6.07, 6.45) is 0. The number of hydrogen-bond acceptors (Lipinski definition) is 6. The van der Waals surface area contributed by atoms with Crippen LogP contribution in [0.5, 0.6) is 0 Å². The predicted octanol–water partition coefficient (Wildman–Crippen LogP) is 4.46. The molecule has 1 unspecified atom stereocenters. The lowest BCUT2D eigenvalue weighted by atomic mass is 9.97. The van der Waals surface area contributed by atoms with Crippen LogP contribution in [0.2, 0.25) is 0 Å². The zero-order chi connectivity index (χ0) is 21.2. The molecule has 150 valence electrons. The molecule has 0 spiro atoms. The molecule has 3 heterocycles. The van der Waals surface area contributed by atoms with Crippen molar-refractivity contribution in [2.45, 2.75) is 26.8 Å². The van der Waals surface area contributed by atoms with Gasteiger partial charge in [0.1, 0.15) is 16.4 Å². The molecule has 2 aromatic carbocycles. The molecule has 0 saturated heterocycles. The zero-order valence-corrected chi connectivity index (χ0v) is 17.2. The highest BCUT2D eigenvalue weighted by Gasteiger charge is 2.45. The van der Waals surface area contributed by atoms with Crippen LogP contribution in [0.4, 0.5) is 9.52 Å². The van der Waals surface area contributed by atoms with E-state index in [0.29, 0.717) is 26.7 Å². The Kier molecular flexibility index (Phi) is 4.08. The minimum atomic E-state index is -0.775. The van der Waals surface area contributed by atoms with E-state index in [2.05, 4.69) is 10.2 Å². The number of carbonyl (C=O) groups excluding carboxylic acids is 1. The number of anilines is 1. The maximum atomic E-state index is 13.6. The van der Waals surface area contributed by atoms with Crippen LogP contribution in [0.25, 0.3) is 11.0 Å². The fraction of sp³-hybridized carbons (Fsp3) is 0.182. The molecule has 0 bridgehead atoms. The molecule has 8 heteroatoms. The van der Waals surface area contributed by atoms with Crippen LogP contribution in [-0.2, 0) is 0 Å². The average molecular weight is 421 g/mol. The smallest absolute Gasteiger partial charge is 0.297 e. The molecule has 0 radical (unpaired) electrons. The molecule has 4 aromatic rings. The normalized spacial score (nSPS) is 15.8. The Hall–Kier alpha value is -3.39. The molecule has 1 amide bonds. The van der Waals surface area contributed by atoms with Crippen LogP contribution in [-0.4, -0.2) is 16.1 Å². The van der Waals surface area contributed by atoms with Gasteiger partial charge in [0.05, 0.1) is 17.0 Å². The van der Waals surface area contributed by atoms with Gasteiger partial charge in [0, 0.05) is 0 Å². The lowest BCUT2D eigenvalue weighted by Crippen LogP contribution is -2.29. The Morgan fingerprint density at radius 2 is 1.73 bits per heavy atom. The topological polar surface area (TPSA) is 76.3 Å². The molecule has 1 aliphatic heterocycles. The minimum Gasteiger partial charge on any atom is -0.450 e. The first-order chi connectivity index (χ1) is 14.3. The molecule has 6 nitrogen and oxygen atoms in total. The van der Waals surface area contributed by atoms with E-state index >= 15 is 0 Å². The summed E-state index contributed by atoms with van der Waals surface area (Å²) in [4.78, 5) is 28.3. The Morgan fingerprint density at radius 3 is 2.40 bits per heavy atom. The van der Waals surface area contributed by atoms with E-state index in [1.54, 1.807) is 31.2 Å². The van der Waals surface area contributed by atoms with Gasteiger partial charge < -0.3 is 4.42 Å². The largest absolute Gasteiger partial charge is 0.450 e. The number of fused-ring (bicyclic) bond motifs is 2. The first-order valence-electron chi connectivity index (χ1n) is 9.32. The second-order valence-electron chi connectivity index (χ2n) is 7.34. The van der Waals surface area contributed by atoms with Gasteiger partial charge in [-0.25, -0.2) is 4.39 Å². The SMILES string of the molecule is Cc1nnc(N2C(=O)c3oc4cc(C)c(C)cc4c(=O)c3C2c2ccc(F)cc2)s1. The molecule has 1 atom stereocenters. The number of aryl methyl sites for hydroxylation is 3. The van der Waals surface area contributed by atoms with Crippen LogP contribution in [0.3, 0.4) is 0 Å². The van der Waals surface area contributed by atoms with E-state index in [0.717, 1.165) is 11.1 Å². The number of halogens is 1. The molecule has 0 saturated carbocycles. The van der Waals surface area contributed by atoms with Crippen molar-refractivity contribution in [1.29, 1.82) is 0 Å². The van der Waals surface area contributed by atoms with Crippen molar-refractivity contribution in [3.8, 4) is 0 Å². The summed E-state index contributed by atoms with van der Waals surface area (Å²) < 4.78 is 19.5. The summed E-state index contributed by atoms with van der Waals surface area (Å²) in [6.45, 7) is 5.62. The second-order valence-corrected chi connectivity index (χ2v) is 8.50. The lowest BCUT2D eigenvalue weighted by Gasteiger charge is -2.22. The quantitative estimate of drug-likeness (QED) is 0.478. The van der Waals surface area contributed by atoms with Crippen molar-refractivity contribution >= 4 is 33.3 Å². The van der Waals surface area contributed by atoms with Crippen molar-refractivity contribution in [1.82, 2.24) is 10.2 Å². The highest BCUT2D eigenvalue weighted by atomic mass is 32.1. The summed E-state index contributed by atoms with van der Waals surface area (Å²) in [5.74, 6) is -0.885. The minimum absolute atomic E-state index is 0.0158. The van der Waals surface area contributed by atoms with E-state index < -0.39 is 17.8 Å². The number of benzene rings is 2. The molecule has 0 fully saturated rings. The zero-order valence-electron chi connectivity index (χ0n) is 16.4. The van der Waals surface area contributed by atoms with Gasteiger partial charge in [0.2, 0.25) is 10.9 Å². The Balaban J connectivity index is 1.83. The van der Waals surface area contributed by atoms with E-state index in [9.17, 15) is 14.0 Å². The van der Waals surface area contributed by atoms with E-state index in [-0.39, 0.29) is 16.8 Å². The van der Waals surface area contributed by atoms with Gasteiger partial charge in [-0.2, -0.15) is 0 Å². The Labute approximate surface area is 174 Å². The summed E-state index contributed by atoms with van der Waals surface area (Å²) in [5.41, 5.74) is 2.82. The third kappa shape index (κ3) is 2.68. The van der Waals surface area contributed by atoms with E-state index in [1.807, 2.05) is 13.8 Å². The average Bonchev–Trinajstić information content (AvgIpc) is 3.26. The fourth-order valence-electron chi connectivity index (χ4n) is 3.77.